The van der Waals surface area contributed by atoms with Gasteiger partial charge in [-0.25, -0.2) is 4.39 Å². The summed E-state index contributed by atoms with van der Waals surface area (Å²) in [5, 5.41) is 2.90. The molecule has 0 heterocycles. The molecule has 0 aromatic heterocycles. The van der Waals surface area contributed by atoms with Crippen molar-refractivity contribution in [3.63, 3.8) is 0 Å². The second-order valence-corrected chi connectivity index (χ2v) is 5.65. The van der Waals surface area contributed by atoms with E-state index in [2.05, 4.69) is 5.32 Å². The van der Waals surface area contributed by atoms with E-state index in [9.17, 15) is 9.18 Å². The largest absolute Gasteiger partial charge is 0.488 e. The number of carbonyl (C=O) groups is 1. The predicted molar refractivity (Wildman–Crippen MR) is 88.6 cm³/mol. The van der Waals surface area contributed by atoms with Gasteiger partial charge in [0.25, 0.3) is 5.91 Å². The highest BCUT2D eigenvalue weighted by Gasteiger charge is 2.12. The van der Waals surface area contributed by atoms with E-state index in [4.69, 9.17) is 16.3 Å². The quantitative estimate of drug-likeness (QED) is 0.811. The first kappa shape index (κ1) is 17.2. The minimum atomic E-state index is -0.507. The normalized spacial score (nSPS) is 11.8. The lowest BCUT2D eigenvalue weighted by Crippen LogP contribution is -3.10. The van der Waals surface area contributed by atoms with Crippen molar-refractivity contribution in [2.24, 2.45) is 0 Å². The Morgan fingerprint density at radius 3 is 2.74 bits per heavy atom. The molecule has 122 valence electrons. The lowest BCUT2D eigenvalue weighted by atomic mass is 10.3. The molecule has 2 aromatic carbocycles. The molecule has 1 unspecified atom stereocenters. The zero-order chi connectivity index (χ0) is 16.7. The zero-order valence-electron chi connectivity index (χ0n) is 12.8. The van der Waals surface area contributed by atoms with Gasteiger partial charge in [-0.2, -0.15) is 0 Å². The lowest BCUT2D eigenvalue weighted by Gasteiger charge is -2.14. The number of amides is 1. The van der Waals surface area contributed by atoms with Crippen LogP contribution in [0.25, 0.3) is 0 Å². The average molecular weight is 338 g/mol. The van der Waals surface area contributed by atoms with Gasteiger partial charge in [-0.3, -0.25) is 4.79 Å². The van der Waals surface area contributed by atoms with Crippen molar-refractivity contribution in [2.45, 2.75) is 0 Å². The molecule has 0 saturated carbocycles. The first-order chi connectivity index (χ1) is 11.0. The van der Waals surface area contributed by atoms with Crippen LogP contribution < -0.4 is 15.0 Å². The van der Waals surface area contributed by atoms with E-state index in [1.165, 1.54) is 18.2 Å². The molecule has 0 aliphatic carbocycles. The summed E-state index contributed by atoms with van der Waals surface area (Å²) in [6.45, 7) is 1.36. The number of carbonyl (C=O) groups excluding carboxylic acids is 1. The second kappa shape index (κ2) is 8.50. The minimum absolute atomic E-state index is 0.0934. The molecule has 0 spiro atoms. The highest BCUT2D eigenvalue weighted by atomic mass is 35.5. The smallest absolute Gasteiger partial charge is 0.279 e. The van der Waals surface area contributed by atoms with Crippen LogP contribution in [0.4, 0.5) is 10.1 Å². The molecule has 2 aromatic rings. The second-order valence-electron chi connectivity index (χ2n) is 5.22. The van der Waals surface area contributed by atoms with Gasteiger partial charge in [-0.1, -0.05) is 29.8 Å². The molecule has 0 fully saturated rings. The molecule has 2 N–H and O–H groups in total. The Morgan fingerprint density at radius 1 is 1.26 bits per heavy atom. The molecule has 4 nitrogen and oxygen atoms in total. The van der Waals surface area contributed by atoms with E-state index in [1.54, 1.807) is 0 Å². The van der Waals surface area contributed by atoms with Crippen molar-refractivity contribution >= 4 is 23.2 Å². The van der Waals surface area contributed by atoms with Crippen LogP contribution in [0.5, 0.6) is 5.75 Å². The summed E-state index contributed by atoms with van der Waals surface area (Å²) in [6.07, 6.45) is 0. The third-order valence-corrected chi connectivity index (χ3v) is 3.44. The SMILES string of the molecule is C[NH+](CCOc1ccccc1)CC(=O)Nc1cc(Cl)ccc1F. The maximum absolute atomic E-state index is 13.6. The third-order valence-electron chi connectivity index (χ3n) is 3.21. The van der Waals surface area contributed by atoms with Gasteiger partial charge in [0.05, 0.1) is 12.7 Å². The number of benzene rings is 2. The fourth-order valence-corrected chi connectivity index (χ4v) is 2.18. The van der Waals surface area contributed by atoms with E-state index in [0.717, 1.165) is 10.6 Å². The van der Waals surface area contributed by atoms with E-state index >= 15 is 0 Å². The van der Waals surface area contributed by atoms with Crippen molar-refractivity contribution in [1.82, 2.24) is 0 Å². The molecule has 0 radical (unpaired) electrons. The van der Waals surface area contributed by atoms with Crippen LogP contribution in [0.2, 0.25) is 5.02 Å². The topological polar surface area (TPSA) is 42.8 Å². The minimum Gasteiger partial charge on any atom is -0.488 e. The summed E-state index contributed by atoms with van der Waals surface area (Å²) in [5.74, 6) is 0.0157. The van der Waals surface area contributed by atoms with Gasteiger partial charge < -0.3 is 15.0 Å². The van der Waals surface area contributed by atoms with Gasteiger partial charge in [-0.05, 0) is 30.3 Å². The van der Waals surface area contributed by atoms with Crippen molar-refractivity contribution in [3.05, 3.63) is 59.4 Å². The molecule has 2 rings (SSSR count). The van der Waals surface area contributed by atoms with Crippen LogP contribution in [-0.2, 0) is 4.79 Å². The number of hydrogen-bond donors (Lipinski definition) is 2. The summed E-state index contributed by atoms with van der Waals surface area (Å²) < 4.78 is 19.1. The fourth-order valence-electron chi connectivity index (χ4n) is 2.01. The monoisotopic (exact) mass is 337 g/mol. The van der Waals surface area contributed by atoms with E-state index in [1.807, 2.05) is 37.4 Å². The molecule has 23 heavy (non-hydrogen) atoms. The Hall–Kier alpha value is -2.11. The molecule has 0 saturated heterocycles. The van der Waals surface area contributed by atoms with Crippen LogP contribution >= 0.6 is 11.6 Å². The molecule has 6 heteroatoms. The van der Waals surface area contributed by atoms with E-state index in [0.29, 0.717) is 18.2 Å². The molecule has 0 aliphatic rings. The summed E-state index contributed by atoms with van der Waals surface area (Å²) in [5.41, 5.74) is 0.0934. The number of likely N-dealkylation sites (N-methyl/N-ethyl adjacent to an activating group) is 1. The number of halogens is 2. The van der Waals surface area contributed by atoms with Crippen LogP contribution in [0.15, 0.2) is 48.5 Å². The maximum Gasteiger partial charge on any atom is 0.279 e. The van der Waals surface area contributed by atoms with Gasteiger partial charge in [0.2, 0.25) is 0 Å². The highest BCUT2D eigenvalue weighted by Crippen LogP contribution is 2.19. The first-order valence-corrected chi connectivity index (χ1v) is 7.66. The van der Waals surface area contributed by atoms with Crippen molar-refractivity contribution in [2.75, 3.05) is 32.1 Å². The van der Waals surface area contributed by atoms with Crippen molar-refractivity contribution in [3.8, 4) is 5.75 Å². The first-order valence-electron chi connectivity index (χ1n) is 7.28. The highest BCUT2D eigenvalue weighted by molar-refractivity contribution is 6.30. The number of hydrogen-bond acceptors (Lipinski definition) is 2. The number of para-hydroxylation sites is 1. The van der Waals surface area contributed by atoms with Crippen LogP contribution in [0.3, 0.4) is 0 Å². The number of nitrogens with one attached hydrogen (secondary N) is 2. The maximum atomic E-state index is 13.6. The Morgan fingerprint density at radius 2 is 2.00 bits per heavy atom. The van der Waals surface area contributed by atoms with Gasteiger partial charge in [0.1, 0.15) is 24.7 Å². The Balaban J connectivity index is 1.75. The predicted octanol–water partition coefficient (Wildman–Crippen LogP) is 2.01. The molecule has 0 aliphatic heterocycles. The van der Waals surface area contributed by atoms with Crippen LogP contribution in [-0.4, -0.2) is 32.7 Å². The Bertz CT molecular complexity index is 652. The number of ether oxygens (including phenoxy) is 1. The fraction of sp³-hybridized carbons (Fsp3) is 0.235. The summed E-state index contributed by atoms with van der Waals surface area (Å²) >= 11 is 5.79. The lowest BCUT2D eigenvalue weighted by molar-refractivity contribution is -0.871. The number of quaternary nitrogens is 1. The van der Waals surface area contributed by atoms with Gasteiger partial charge in [0, 0.05) is 5.02 Å². The van der Waals surface area contributed by atoms with Crippen molar-refractivity contribution < 1.29 is 18.8 Å². The standard InChI is InChI=1S/C17H18ClFN2O2/c1-21(9-10-23-14-5-3-2-4-6-14)12-17(22)20-16-11-13(18)7-8-15(16)19/h2-8,11H,9-10,12H2,1H3,(H,20,22)/p+1. The van der Waals surface area contributed by atoms with E-state index < -0.39 is 5.82 Å². The van der Waals surface area contributed by atoms with Crippen LogP contribution in [0, 0.1) is 5.82 Å². The molecule has 1 atom stereocenters. The van der Waals surface area contributed by atoms with Crippen LogP contribution in [0.1, 0.15) is 0 Å². The van der Waals surface area contributed by atoms with Gasteiger partial charge in [-0.15, -0.1) is 0 Å². The van der Waals surface area contributed by atoms with E-state index in [-0.39, 0.29) is 18.1 Å². The Kier molecular flexibility index (Phi) is 6.38. The Labute approximate surface area is 139 Å². The summed E-state index contributed by atoms with van der Waals surface area (Å²) in [4.78, 5) is 12.9. The molecule has 0 bridgehead atoms. The van der Waals surface area contributed by atoms with Gasteiger partial charge in [0.15, 0.2) is 6.54 Å². The summed E-state index contributed by atoms with van der Waals surface area (Å²) in [7, 11) is 1.88. The number of rotatable bonds is 7. The van der Waals surface area contributed by atoms with Crippen molar-refractivity contribution in [1.29, 1.82) is 0 Å². The molecular weight excluding hydrogens is 319 g/mol. The summed E-state index contributed by atoms with van der Waals surface area (Å²) in [6, 6.07) is 13.5. The average Bonchev–Trinajstić information content (AvgIpc) is 2.52. The van der Waals surface area contributed by atoms with Gasteiger partial charge >= 0.3 is 0 Å². The zero-order valence-corrected chi connectivity index (χ0v) is 13.6. The molecular formula is C17H19ClFN2O2+. The molecule has 1 amide bonds. The third kappa shape index (κ3) is 5.88. The number of anilines is 1.